The van der Waals surface area contributed by atoms with E-state index in [2.05, 4.69) is 53.0 Å². The Kier molecular flexibility index (Phi) is 10.3. The number of aromatic nitrogens is 3. The summed E-state index contributed by atoms with van der Waals surface area (Å²) in [5.41, 5.74) is 2.69. The third-order valence-electron chi connectivity index (χ3n) is 6.00. The van der Waals surface area contributed by atoms with Gasteiger partial charge >= 0.3 is 5.97 Å². The molecule has 0 fully saturated rings. The van der Waals surface area contributed by atoms with Crippen molar-refractivity contribution < 1.29 is 19.1 Å². The molecule has 3 rings (SSSR count). The molecule has 0 spiro atoms. The lowest BCUT2D eigenvalue weighted by molar-refractivity contribution is -0.113. The topological polar surface area (TPSA) is 110 Å². The molecular formula is C27H34N6O4S2. The number of carbonyl (C=O) groups is 3. The highest BCUT2D eigenvalue weighted by Crippen LogP contribution is 2.35. The summed E-state index contributed by atoms with van der Waals surface area (Å²) in [4.78, 5) is 42.0. The number of hydrogen-bond donors (Lipinski definition) is 1. The van der Waals surface area contributed by atoms with E-state index in [4.69, 9.17) is 4.74 Å². The van der Waals surface area contributed by atoms with Gasteiger partial charge in [-0.05, 0) is 50.6 Å². The molecule has 0 radical (unpaired) electrons. The van der Waals surface area contributed by atoms with Crippen LogP contribution in [0.15, 0.2) is 42.1 Å². The first kappa shape index (κ1) is 29.9. The maximum Gasteiger partial charge on any atom is 0.341 e. The summed E-state index contributed by atoms with van der Waals surface area (Å²) < 4.78 is 6.80. The minimum Gasteiger partial charge on any atom is -0.465 e. The van der Waals surface area contributed by atoms with Gasteiger partial charge in [-0.15, -0.1) is 28.1 Å². The molecule has 208 valence electrons. The summed E-state index contributed by atoms with van der Waals surface area (Å²) in [5.74, 6) is -0.532. The van der Waals surface area contributed by atoms with Crippen molar-refractivity contribution in [3.8, 4) is 11.4 Å². The van der Waals surface area contributed by atoms with Crippen molar-refractivity contribution in [1.29, 1.82) is 0 Å². The van der Waals surface area contributed by atoms with Crippen molar-refractivity contribution in [1.82, 2.24) is 19.7 Å². The van der Waals surface area contributed by atoms with Gasteiger partial charge in [0.25, 0.3) is 5.91 Å². The predicted octanol–water partition coefficient (Wildman–Crippen LogP) is 4.57. The fourth-order valence-electron chi connectivity index (χ4n) is 3.96. The molecule has 12 heteroatoms. The molecule has 39 heavy (non-hydrogen) atoms. The van der Waals surface area contributed by atoms with Crippen LogP contribution >= 0.6 is 23.1 Å². The van der Waals surface area contributed by atoms with Crippen LogP contribution in [0.1, 0.15) is 39.4 Å². The van der Waals surface area contributed by atoms with Crippen LogP contribution < -0.4 is 10.2 Å². The van der Waals surface area contributed by atoms with Crippen LogP contribution in [0.5, 0.6) is 0 Å². The molecule has 0 aliphatic rings. The monoisotopic (exact) mass is 570 g/mol. The van der Waals surface area contributed by atoms with Gasteiger partial charge in [0.05, 0.1) is 23.3 Å². The number of esters is 1. The van der Waals surface area contributed by atoms with Crippen molar-refractivity contribution in [2.75, 3.05) is 50.3 Å². The van der Waals surface area contributed by atoms with E-state index in [9.17, 15) is 14.4 Å². The number of anilines is 2. The predicted molar refractivity (Wildman–Crippen MR) is 157 cm³/mol. The van der Waals surface area contributed by atoms with Crippen molar-refractivity contribution in [3.63, 3.8) is 0 Å². The molecule has 10 nitrogen and oxygen atoms in total. The number of hydrogen-bond acceptors (Lipinski definition) is 9. The zero-order chi connectivity index (χ0) is 28.7. The van der Waals surface area contributed by atoms with Gasteiger partial charge in [0.2, 0.25) is 5.91 Å². The summed E-state index contributed by atoms with van der Waals surface area (Å²) >= 11 is 2.27. The van der Waals surface area contributed by atoms with E-state index in [1.807, 2.05) is 16.7 Å². The minimum atomic E-state index is -0.619. The maximum absolute atomic E-state index is 12.9. The summed E-state index contributed by atoms with van der Waals surface area (Å²) in [6.45, 7) is 12.1. The fraction of sp³-hybridized carbons (Fsp3) is 0.370. The van der Waals surface area contributed by atoms with Gasteiger partial charge in [-0.2, -0.15) is 0 Å². The molecule has 0 aliphatic carbocycles. The molecule has 0 aliphatic heterocycles. The summed E-state index contributed by atoms with van der Waals surface area (Å²) in [5, 5.41) is 12.3. The average molecular weight is 571 g/mol. The Balaban J connectivity index is 1.79. The van der Waals surface area contributed by atoms with Gasteiger partial charge in [-0.1, -0.05) is 17.8 Å². The van der Waals surface area contributed by atoms with Crippen LogP contribution in [-0.4, -0.2) is 77.5 Å². The third-order valence-corrected chi connectivity index (χ3v) is 8.17. The highest BCUT2D eigenvalue weighted by molar-refractivity contribution is 7.99. The van der Waals surface area contributed by atoms with Crippen molar-refractivity contribution in [2.24, 2.45) is 0 Å². The molecule has 1 aromatic carbocycles. The molecule has 1 N–H and O–H groups in total. The van der Waals surface area contributed by atoms with Gasteiger partial charge in [-0.25, -0.2) is 4.79 Å². The zero-order valence-electron chi connectivity index (χ0n) is 23.1. The van der Waals surface area contributed by atoms with Crippen LogP contribution in [-0.2, 0) is 16.1 Å². The average Bonchev–Trinajstić information content (AvgIpc) is 3.47. The first-order chi connectivity index (χ1) is 18.7. The quantitative estimate of drug-likeness (QED) is 0.192. The highest BCUT2D eigenvalue weighted by atomic mass is 32.2. The second kappa shape index (κ2) is 13.4. The van der Waals surface area contributed by atoms with E-state index in [0.717, 1.165) is 35.7 Å². The lowest BCUT2D eigenvalue weighted by Crippen LogP contribution is -2.21. The van der Waals surface area contributed by atoms with Crippen molar-refractivity contribution in [3.05, 3.63) is 52.9 Å². The minimum absolute atomic E-state index is 0.0185. The van der Waals surface area contributed by atoms with Gasteiger partial charge in [-0.3, -0.25) is 14.2 Å². The SMILES string of the molecule is C=CCn1c(SCC(=O)Nc2sc(C(=O)N(C)C)c(C)c2C(=O)OC)nnc1-c1ccc(N(CC)CC)cc1. The Morgan fingerprint density at radius 1 is 1.15 bits per heavy atom. The smallest absolute Gasteiger partial charge is 0.341 e. The van der Waals surface area contributed by atoms with E-state index >= 15 is 0 Å². The molecular weight excluding hydrogens is 536 g/mol. The lowest BCUT2D eigenvalue weighted by Gasteiger charge is -2.21. The van der Waals surface area contributed by atoms with Crippen LogP contribution in [0.25, 0.3) is 11.4 Å². The van der Waals surface area contributed by atoms with E-state index in [1.54, 1.807) is 27.1 Å². The number of benzene rings is 1. The molecule has 0 bridgehead atoms. The van der Waals surface area contributed by atoms with E-state index in [0.29, 0.717) is 28.0 Å². The first-order valence-electron chi connectivity index (χ1n) is 12.4. The van der Waals surface area contributed by atoms with Crippen LogP contribution in [0, 0.1) is 6.92 Å². The number of methoxy groups -OCH3 is 1. The largest absolute Gasteiger partial charge is 0.465 e. The Morgan fingerprint density at radius 2 is 1.82 bits per heavy atom. The maximum atomic E-state index is 12.9. The molecule has 2 aromatic heterocycles. The molecule has 0 unspecified atom stereocenters. The molecule has 2 heterocycles. The summed E-state index contributed by atoms with van der Waals surface area (Å²) in [6, 6.07) is 8.15. The number of carbonyl (C=O) groups excluding carboxylic acids is 3. The second-order valence-corrected chi connectivity index (χ2v) is 10.7. The van der Waals surface area contributed by atoms with E-state index in [-0.39, 0.29) is 28.1 Å². The highest BCUT2D eigenvalue weighted by Gasteiger charge is 2.27. The fourth-order valence-corrected chi connectivity index (χ4v) is 5.94. The number of thiophene rings is 1. The van der Waals surface area contributed by atoms with Crippen LogP contribution in [0.2, 0.25) is 0 Å². The molecule has 0 saturated heterocycles. The molecule has 2 amide bonds. The van der Waals surface area contributed by atoms with Crippen LogP contribution in [0.3, 0.4) is 0 Å². The van der Waals surface area contributed by atoms with E-state index < -0.39 is 5.97 Å². The van der Waals surface area contributed by atoms with Gasteiger partial charge in [0, 0.05) is 45.0 Å². The Bertz CT molecular complexity index is 1340. The number of nitrogens with one attached hydrogen (secondary N) is 1. The Morgan fingerprint density at radius 3 is 2.38 bits per heavy atom. The normalized spacial score (nSPS) is 10.7. The summed E-state index contributed by atoms with van der Waals surface area (Å²) in [6.07, 6.45) is 1.75. The lowest BCUT2D eigenvalue weighted by atomic mass is 10.1. The number of amides is 2. The number of nitrogens with zero attached hydrogens (tertiary/aromatic N) is 5. The first-order valence-corrected chi connectivity index (χ1v) is 14.2. The van der Waals surface area contributed by atoms with E-state index in [1.165, 1.54) is 23.8 Å². The standard InChI is InChI=1S/C27H34N6O4S2/c1-8-15-33-23(18-11-13-19(14-12-18)32(9-2)10-3)29-30-27(33)38-16-20(34)28-24-21(26(36)37-7)17(4)22(39-24)25(35)31(5)6/h8,11-14H,1,9-10,15-16H2,2-7H3,(H,28,34). The zero-order valence-corrected chi connectivity index (χ0v) is 24.7. The molecule has 3 aromatic rings. The van der Waals surface area contributed by atoms with Gasteiger partial charge < -0.3 is 19.9 Å². The number of thioether (sulfide) groups is 1. The van der Waals surface area contributed by atoms with Crippen molar-refractivity contribution >= 4 is 51.6 Å². The number of allylic oxidation sites excluding steroid dienone is 1. The molecule has 0 atom stereocenters. The third kappa shape index (κ3) is 6.69. The Hall–Kier alpha value is -3.64. The number of ether oxygens (including phenoxy) is 1. The summed E-state index contributed by atoms with van der Waals surface area (Å²) in [7, 11) is 4.51. The molecule has 0 saturated carbocycles. The van der Waals surface area contributed by atoms with Crippen LogP contribution in [0.4, 0.5) is 10.7 Å². The van der Waals surface area contributed by atoms with Gasteiger partial charge in [0.1, 0.15) is 5.00 Å². The van der Waals surface area contributed by atoms with Gasteiger partial charge in [0.15, 0.2) is 11.0 Å². The second-order valence-electron chi connectivity index (χ2n) is 8.71. The van der Waals surface area contributed by atoms with Crippen molar-refractivity contribution in [2.45, 2.75) is 32.5 Å². The Labute approximate surface area is 237 Å². The number of rotatable bonds is 12.